The molecule has 0 amide bonds. The number of nitrogens with zero attached hydrogens (tertiary/aromatic N) is 1. The summed E-state index contributed by atoms with van der Waals surface area (Å²) < 4.78 is 5.56. The van der Waals surface area contributed by atoms with E-state index in [1.807, 2.05) is 0 Å². The van der Waals surface area contributed by atoms with Gasteiger partial charge in [-0.2, -0.15) is 0 Å². The molecular formula is C16H26N2O. The molecule has 1 aliphatic heterocycles. The number of methoxy groups -OCH3 is 1. The lowest BCUT2D eigenvalue weighted by atomic mass is 9.95. The molecule has 3 heteroatoms. The highest BCUT2D eigenvalue weighted by Crippen LogP contribution is 2.30. The minimum atomic E-state index is 0.507. The molecule has 19 heavy (non-hydrogen) atoms. The molecule has 0 saturated carbocycles. The van der Waals surface area contributed by atoms with Crippen LogP contribution in [0, 0.1) is 13.8 Å². The first-order valence-electron chi connectivity index (χ1n) is 7.20. The van der Waals surface area contributed by atoms with E-state index in [2.05, 4.69) is 43.1 Å². The Balaban J connectivity index is 2.13. The minimum Gasteiger partial charge on any atom is -0.496 e. The molecule has 1 fully saturated rings. The molecule has 0 spiro atoms. The molecule has 1 heterocycles. The van der Waals surface area contributed by atoms with E-state index in [-0.39, 0.29) is 0 Å². The zero-order valence-corrected chi connectivity index (χ0v) is 12.6. The summed E-state index contributed by atoms with van der Waals surface area (Å²) in [7, 11) is 1.77. The van der Waals surface area contributed by atoms with Crippen LogP contribution >= 0.6 is 0 Å². The molecule has 1 atom stereocenters. The maximum Gasteiger partial charge on any atom is 0.122 e. The van der Waals surface area contributed by atoms with Crippen LogP contribution < -0.4 is 10.1 Å². The lowest BCUT2D eigenvalue weighted by Crippen LogP contribution is -2.44. The summed E-state index contributed by atoms with van der Waals surface area (Å²) in [6.45, 7) is 12.2. The lowest BCUT2D eigenvalue weighted by Gasteiger charge is -2.30. The summed E-state index contributed by atoms with van der Waals surface area (Å²) in [5.74, 6) is 1.54. The maximum absolute atomic E-state index is 5.56. The van der Waals surface area contributed by atoms with Crippen molar-refractivity contribution in [3.05, 3.63) is 28.8 Å². The fraction of sp³-hybridized carbons (Fsp3) is 0.625. The van der Waals surface area contributed by atoms with E-state index < -0.39 is 0 Å². The van der Waals surface area contributed by atoms with E-state index in [0.717, 1.165) is 38.5 Å². The van der Waals surface area contributed by atoms with E-state index in [4.69, 9.17) is 4.74 Å². The fourth-order valence-corrected chi connectivity index (χ4v) is 2.75. The first kappa shape index (κ1) is 14.4. The average Bonchev–Trinajstić information content (AvgIpc) is 2.42. The molecule has 1 saturated heterocycles. The third-order valence-electron chi connectivity index (χ3n) is 4.12. The van der Waals surface area contributed by atoms with Crippen LogP contribution in [0.4, 0.5) is 0 Å². The van der Waals surface area contributed by atoms with Crippen LogP contribution in [0.1, 0.15) is 29.5 Å². The summed E-state index contributed by atoms with van der Waals surface area (Å²) in [6.07, 6.45) is 0. The predicted molar refractivity (Wildman–Crippen MR) is 80.2 cm³/mol. The van der Waals surface area contributed by atoms with E-state index in [9.17, 15) is 0 Å². The highest BCUT2D eigenvalue weighted by atomic mass is 16.5. The monoisotopic (exact) mass is 262 g/mol. The second kappa shape index (κ2) is 6.40. The van der Waals surface area contributed by atoms with Gasteiger partial charge in [-0.25, -0.2) is 0 Å². The van der Waals surface area contributed by atoms with Crippen molar-refractivity contribution in [2.75, 3.05) is 39.8 Å². The first-order valence-corrected chi connectivity index (χ1v) is 7.20. The molecule has 0 bridgehead atoms. The summed E-state index contributed by atoms with van der Waals surface area (Å²) in [5.41, 5.74) is 3.99. The van der Waals surface area contributed by atoms with E-state index in [1.165, 1.54) is 16.7 Å². The van der Waals surface area contributed by atoms with Crippen molar-refractivity contribution in [3.63, 3.8) is 0 Å². The Morgan fingerprint density at radius 1 is 1.21 bits per heavy atom. The van der Waals surface area contributed by atoms with Gasteiger partial charge < -0.3 is 15.0 Å². The quantitative estimate of drug-likeness (QED) is 0.901. The van der Waals surface area contributed by atoms with Gasteiger partial charge in [-0.3, -0.25) is 0 Å². The normalized spacial score (nSPS) is 18.3. The number of rotatable bonds is 4. The van der Waals surface area contributed by atoms with Crippen molar-refractivity contribution in [2.24, 2.45) is 0 Å². The Morgan fingerprint density at radius 2 is 1.84 bits per heavy atom. The van der Waals surface area contributed by atoms with E-state index in [0.29, 0.717) is 5.92 Å². The lowest BCUT2D eigenvalue weighted by molar-refractivity contribution is 0.229. The van der Waals surface area contributed by atoms with Gasteiger partial charge in [0.1, 0.15) is 5.75 Å². The zero-order chi connectivity index (χ0) is 13.8. The molecule has 106 valence electrons. The Kier molecular flexibility index (Phi) is 4.83. The fourth-order valence-electron chi connectivity index (χ4n) is 2.75. The second-order valence-electron chi connectivity index (χ2n) is 5.63. The summed E-state index contributed by atoms with van der Waals surface area (Å²) in [4.78, 5) is 2.54. The molecule has 2 rings (SSSR count). The molecule has 0 aromatic heterocycles. The van der Waals surface area contributed by atoms with Crippen molar-refractivity contribution < 1.29 is 4.74 Å². The predicted octanol–water partition coefficient (Wildman–Crippen LogP) is 2.32. The number of hydrogen-bond donors (Lipinski definition) is 1. The molecule has 1 unspecified atom stereocenters. The van der Waals surface area contributed by atoms with Gasteiger partial charge in [0.05, 0.1) is 7.11 Å². The van der Waals surface area contributed by atoms with Gasteiger partial charge in [0.15, 0.2) is 0 Å². The highest BCUT2D eigenvalue weighted by molar-refractivity contribution is 5.43. The van der Waals surface area contributed by atoms with Crippen LogP contribution in [0.5, 0.6) is 5.75 Å². The van der Waals surface area contributed by atoms with Crippen molar-refractivity contribution in [3.8, 4) is 5.75 Å². The highest BCUT2D eigenvalue weighted by Gasteiger charge is 2.17. The first-order chi connectivity index (χ1) is 9.11. The number of ether oxygens (including phenoxy) is 1. The van der Waals surface area contributed by atoms with Crippen molar-refractivity contribution >= 4 is 0 Å². The Bertz CT molecular complexity index is 425. The summed E-state index contributed by atoms with van der Waals surface area (Å²) >= 11 is 0. The average molecular weight is 262 g/mol. The zero-order valence-electron chi connectivity index (χ0n) is 12.6. The third kappa shape index (κ3) is 3.48. The molecule has 1 aliphatic rings. The van der Waals surface area contributed by atoms with Gasteiger partial charge in [-0.05, 0) is 42.5 Å². The van der Waals surface area contributed by atoms with Crippen LogP contribution in [0.25, 0.3) is 0 Å². The molecule has 0 radical (unpaired) electrons. The van der Waals surface area contributed by atoms with E-state index >= 15 is 0 Å². The van der Waals surface area contributed by atoms with Gasteiger partial charge in [0.25, 0.3) is 0 Å². The molecule has 1 N–H and O–H groups in total. The maximum atomic E-state index is 5.56. The number of hydrogen-bond acceptors (Lipinski definition) is 3. The Labute approximate surface area is 116 Å². The molecule has 0 aliphatic carbocycles. The molecular weight excluding hydrogens is 236 g/mol. The molecule has 3 nitrogen and oxygen atoms in total. The standard InChI is InChI=1S/C16H26N2O/c1-12-9-15(16(19-4)10-13(12)2)14(3)11-18-7-5-17-6-8-18/h9-10,14,17H,5-8,11H2,1-4H3. The Morgan fingerprint density at radius 3 is 2.47 bits per heavy atom. The van der Waals surface area contributed by atoms with Gasteiger partial charge in [0, 0.05) is 32.7 Å². The largest absolute Gasteiger partial charge is 0.496 e. The minimum absolute atomic E-state index is 0.507. The third-order valence-corrected chi connectivity index (χ3v) is 4.12. The van der Waals surface area contributed by atoms with Crippen LogP contribution in [-0.4, -0.2) is 44.7 Å². The number of piperazine rings is 1. The van der Waals surface area contributed by atoms with Crippen LogP contribution in [-0.2, 0) is 0 Å². The smallest absolute Gasteiger partial charge is 0.122 e. The topological polar surface area (TPSA) is 24.5 Å². The molecule has 1 aromatic rings. The van der Waals surface area contributed by atoms with Gasteiger partial charge >= 0.3 is 0 Å². The SMILES string of the molecule is COc1cc(C)c(C)cc1C(C)CN1CCNCC1. The molecule has 1 aromatic carbocycles. The van der Waals surface area contributed by atoms with Crippen molar-refractivity contribution in [2.45, 2.75) is 26.7 Å². The van der Waals surface area contributed by atoms with Crippen LogP contribution in [0.3, 0.4) is 0 Å². The van der Waals surface area contributed by atoms with Crippen molar-refractivity contribution in [1.82, 2.24) is 10.2 Å². The number of nitrogens with one attached hydrogen (secondary N) is 1. The number of benzene rings is 1. The van der Waals surface area contributed by atoms with Crippen LogP contribution in [0.15, 0.2) is 12.1 Å². The van der Waals surface area contributed by atoms with E-state index in [1.54, 1.807) is 7.11 Å². The summed E-state index contributed by atoms with van der Waals surface area (Å²) in [5, 5.41) is 3.40. The number of aryl methyl sites for hydroxylation is 2. The second-order valence-corrected chi connectivity index (χ2v) is 5.63. The van der Waals surface area contributed by atoms with Crippen LogP contribution in [0.2, 0.25) is 0 Å². The van der Waals surface area contributed by atoms with Gasteiger partial charge in [-0.15, -0.1) is 0 Å². The van der Waals surface area contributed by atoms with Gasteiger partial charge in [-0.1, -0.05) is 13.0 Å². The Hall–Kier alpha value is -1.06. The van der Waals surface area contributed by atoms with Gasteiger partial charge in [0.2, 0.25) is 0 Å². The summed E-state index contributed by atoms with van der Waals surface area (Å²) in [6, 6.07) is 4.46. The van der Waals surface area contributed by atoms with Crippen molar-refractivity contribution in [1.29, 1.82) is 0 Å².